The fourth-order valence-corrected chi connectivity index (χ4v) is 3.87. The highest BCUT2D eigenvalue weighted by molar-refractivity contribution is 8.18. The fourth-order valence-electron chi connectivity index (χ4n) is 2.71. The first-order valence-electron chi connectivity index (χ1n) is 8.54. The molecule has 30 heavy (non-hydrogen) atoms. The summed E-state index contributed by atoms with van der Waals surface area (Å²) in [4.78, 5) is 36.6. The lowest BCUT2D eigenvalue weighted by Crippen LogP contribution is -2.27. The van der Waals surface area contributed by atoms with Crippen molar-refractivity contribution in [2.45, 2.75) is 13.5 Å². The molecule has 0 saturated carbocycles. The van der Waals surface area contributed by atoms with Crippen molar-refractivity contribution >= 4 is 57.9 Å². The molecule has 1 N–H and O–H groups in total. The summed E-state index contributed by atoms with van der Waals surface area (Å²) in [6, 6.07) is 7.25. The number of aromatic hydroxyl groups is 1. The molecule has 1 aliphatic heterocycles. The van der Waals surface area contributed by atoms with E-state index in [1.54, 1.807) is 25.1 Å². The van der Waals surface area contributed by atoms with Gasteiger partial charge in [-0.1, -0.05) is 29.3 Å². The van der Waals surface area contributed by atoms with Crippen molar-refractivity contribution < 1.29 is 24.4 Å². The Morgan fingerprint density at radius 2 is 1.97 bits per heavy atom. The topological polar surface area (TPSA) is 110 Å². The van der Waals surface area contributed by atoms with Crippen LogP contribution < -0.4 is 4.74 Å². The molecule has 3 rings (SSSR count). The number of nitro benzene ring substituents is 1. The number of benzene rings is 2. The van der Waals surface area contributed by atoms with Crippen LogP contribution >= 0.6 is 35.0 Å². The van der Waals surface area contributed by atoms with E-state index in [1.807, 2.05) is 0 Å². The molecule has 2 amide bonds. The lowest BCUT2D eigenvalue weighted by Gasteiger charge is -2.13. The predicted octanol–water partition coefficient (Wildman–Crippen LogP) is 5.24. The number of phenolic OH excluding ortho intramolecular Hbond substituents is 1. The molecule has 1 saturated heterocycles. The number of nitrogens with zero attached hydrogens (tertiary/aromatic N) is 2. The predicted molar refractivity (Wildman–Crippen MR) is 114 cm³/mol. The number of ether oxygens (including phenoxy) is 1. The summed E-state index contributed by atoms with van der Waals surface area (Å²) in [6.45, 7) is 1.83. The average molecular weight is 469 g/mol. The molecule has 156 valence electrons. The molecule has 11 heteroatoms. The second kappa shape index (κ2) is 8.95. The Kier molecular flexibility index (Phi) is 6.55. The molecule has 0 atom stereocenters. The lowest BCUT2D eigenvalue weighted by molar-refractivity contribution is -0.386. The minimum absolute atomic E-state index is 0.00117. The standard InChI is InChI=1S/C19H14Cl2N2O6S/c1-2-29-15-7-11(6-14(17(15)24)23(27)28)8-16-18(25)22(19(26)30-16)9-10-3-4-12(20)13(21)5-10/h3-8,24H,2,9H2,1H3/b16-8+. The minimum Gasteiger partial charge on any atom is -0.500 e. The number of carbonyl (C=O) groups excluding carboxylic acids is 2. The molecule has 0 bridgehead atoms. The second-order valence-corrected chi connectivity index (χ2v) is 7.90. The maximum absolute atomic E-state index is 12.7. The monoisotopic (exact) mass is 468 g/mol. The van der Waals surface area contributed by atoms with Crippen LogP contribution in [0.2, 0.25) is 10.0 Å². The normalized spacial score (nSPS) is 15.2. The largest absolute Gasteiger partial charge is 0.500 e. The van der Waals surface area contributed by atoms with E-state index in [0.717, 1.165) is 11.0 Å². The first kappa shape index (κ1) is 21.9. The number of hydrogen-bond donors (Lipinski definition) is 1. The molecule has 0 aliphatic carbocycles. The van der Waals surface area contributed by atoms with Crippen LogP contribution in [-0.4, -0.2) is 32.7 Å². The van der Waals surface area contributed by atoms with Gasteiger partial charge in [0.05, 0.1) is 33.0 Å². The fraction of sp³-hybridized carbons (Fsp3) is 0.158. The van der Waals surface area contributed by atoms with Gasteiger partial charge in [-0.25, -0.2) is 0 Å². The molecule has 8 nitrogen and oxygen atoms in total. The quantitative estimate of drug-likeness (QED) is 0.350. The molecule has 0 spiro atoms. The van der Waals surface area contributed by atoms with E-state index in [1.165, 1.54) is 12.1 Å². The van der Waals surface area contributed by atoms with E-state index in [2.05, 4.69) is 0 Å². The number of amides is 2. The molecule has 2 aromatic carbocycles. The number of halogens is 2. The summed E-state index contributed by atoms with van der Waals surface area (Å²) < 4.78 is 5.23. The molecule has 1 heterocycles. The third-order valence-electron chi connectivity index (χ3n) is 4.07. The van der Waals surface area contributed by atoms with Crippen molar-refractivity contribution in [1.82, 2.24) is 4.90 Å². The Labute approximate surface area is 185 Å². The van der Waals surface area contributed by atoms with Crippen LogP contribution in [0, 0.1) is 10.1 Å². The SMILES string of the molecule is CCOc1cc(/C=C2/SC(=O)N(Cc3ccc(Cl)c(Cl)c3)C2=O)cc([N+](=O)[O-])c1O. The number of rotatable bonds is 6. The molecular weight excluding hydrogens is 455 g/mol. The van der Waals surface area contributed by atoms with E-state index in [0.29, 0.717) is 27.4 Å². The third kappa shape index (κ3) is 4.53. The zero-order chi connectivity index (χ0) is 22.0. The number of imide groups is 1. The second-order valence-electron chi connectivity index (χ2n) is 6.09. The first-order valence-corrected chi connectivity index (χ1v) is 10.1. The van der Waals surface area contributed by atoms with Crippen LogP contribution in [-0.2, 0) is 11.3 Å². The highest BCUT2D eigenvalue weighted by Crippen LogP contribution is 2.40. The third-order valence-corrected chi connectivity index (χ3v) is 5.72. The van der Waals surface area contributed by atoms with E-state index >= 15 is 0 Å². The Hall–Kier alpha value is -2.75. The zero-order valence-electron chi connectivity index (χ0n) is 15.4. The van der Waals surface area contributed by atoms with E-state index in [9.17, 15) is 24.8 Å². The van der Waals surface area contributed by atoms with Gasteiger partial charge in [-0.05, 0) is 54.1 Å². The van der Waals surface area contributed by atoms with Gasteiger partial charge in [-0.15, -0.1) is 0 Å². The number of thioether (sulfide) groups is 1. The number of phenols is 1. The summed E-state index contributed by atoms with van der Waals surface area (Å²) in [7, 11) is 0. The summed E-state index contributed by atoms with van der Waals surface area (Å²) in [5.41, 5.74) is 0.289. The summed E-state index contributed by atoms with van der Waals surface area (Å²) in [5, 5.41) is 21.3. The van der Waals surface area contributed by atoms with Gasteiger partial charge in [0.25, 0.3) is 11.1 Å². The van der Waals surface area contributed by atoms with E-state index in [4.69, 9.17) is 27.9 Å². The Morgan fingerprint density at radius 1 is 1.23 bits per heavy atom. The van der Waals surface area contributed by atoms with Crippen molar-refractivity contribution in [1.29, 1.82) is 0 Å². The molecule has 2 aromatic rings. The molecule has 1 fully saturated rings. The van der Waals surface area contributed by atoms with Gasteiger partial charge >= 0.3 is 5.69 Å². The number of carbonyl (C=O) groups is 2. The summed E-state index contributed by atoms with van der Waals surface area (Å²) in [5.74, 6) is -1.25. The van der Waals surface area contributed by atoms with Crippen molar-refractivity contribution in [3.8, 4) is 11.5 Å². The van der Waals surface area contributed by atoms with Crippen LogP contribution in [0.5, 0.6) is 11.5 Å². The number of nitro groups is 1. The summed E-state index contributed by atoms with van der Waals surface area (Å²) in [6.07, 6.45) is 1.34. The van der Waals surface area contributed by atoms with Crippen LogP contribution in [0.1, 0.15) is 18.1 Å². The van der Waals surface area contributed by atoms with E-state index in [-0.39, 0.29) is 29.4 Å². The van der Waals surface area contributed by atoms with Gasteiger partial charge in [0, 0.05) is 6.07 Å². The van der Waals surface area contributed by atoms with Crippen molar-refractivity contribution in [3.05, 3.63) is 66.5 Å². The van der Waals surface area contributed by atoms with Crippen LogP contribution in [0.3, 0.4) is 0 Å². The first-order chi connectivity index (χ1) is 14.2. The van der Waals surface area contributed by atoms with Gasteiger partial charge in [-0.3, -0.25) is 24.6 Å². The molecule has 1 aliphatic rings. The molecule has 0 radical (unpaired) electrons. The van der Waals surface area contributed by atoms with Crippen LogP contribution in [0.15, 0.2) is 35.2 Å². The maximum atomic E-state index is 12.7. The molecule has 0 unspecified atom stereocenters. The van der Waals surface area contributed by atoms with Crippen molar-refractivity contribution in [2.24, 2.45) is 0 Å². The maximum Gasteiger partial charge on any atom is 0.315 e. The average Bonchev–Trinajstić information content (AvgIpc) is 2.94. The van der Waals surface area contributed by atoms with Gasteiger partial charge in [-0.2, -0.15) is 0 Å². The van der Waals surface area contributed by atoms with Gasteiger partial charge < -0.3 is 9.84 Å². The van der Waals surface area contributed by atoms with Crippen LogP contribution in [0.4, 0.5) is 10.5 Å². The minimum atomic E-state index is -0.759. The highest BCUT2D eigenvalue weighted by atomic mass is 35.5. The Balaban J connectivity index is 1.91. The van der Waals surface area contributed by atoms with Crippen molar-refractivity contribution in [3.63, 3.8) is 0 Å². The Bertz CT molecular complexity index is 1090. The van der Waals surface area contributed by atoms with Gasteiger partial charge in [0.2, 0.25) is 5.75 Å². The summed E-state index contributed by atoms with van der Waals surface area (Å²) >= 11 is 12.6. The highest BCUT2D eigenvalue weighted by Gasteiger charge is 2.35. The van der Waals surface area contributed by atoms with Crippen molar-refractivity contribution in [2.75, 3.05) is 6.61 Å². The van der Waals surface area contributed by atoms with Gasteiger partial charge in [0.1, 0.15) is 0 Å². The zero-order valence-corrected chi connectivity index (χ0v) is 17.8. The van der Waals surface area contributed by atoms with Crippen LogP contribution in [0.25, 0.3) is 6.08 Å². The molecule has 0 aromatic heterocycles. The number of hydrogen-bond acceptors (Lipinski definition) is 7. The smallest absolute Gasteiger partial charge is 0.315 e. The van der Waals surface area contributed by atoms with E-state index < -0.39 is 27.5 Å². The molecular formula is C19H14Cl2N2O6S. The van der Waals surface area contributed by atoms with Gasteiger partial charge in [0.15, 0.2) is 5.75 Å². The Morgan fingerprint density at radius 3 is 2.60 bits per heavy atom. The lowest BCUT2D eigenvalue weighted by atomic mass is 10.1.